The molecule has 108 valence electrons. The fraction of sp³-hybridized carbons (Fsp3) is 0.500. The van der Waals surface area contributed by atoms with Gasteiger partial charge in [0.1, 0.15) is 5.82 Å². The maximum absolute atomic E-state index is 11.0. The van der Waals surface area contributed by atoms with Gasteiger partial charge in [0.25, 0.3) is 0 Å². The first-order chi connectivity index (χ1) is 9.40. The predicted octanol–water partition coefficient (Wildman–Crippen LogP) is 1.26. The number of nitrogen functional groups attached to an aromatic ring is 1. The lowest BCUT2D eigenvalue weighted by Gasteiger charge is -2.37. The van der Waals surface area contributed by atoms with Crippen LogP contribution in [0.4, 0.5) is 17.3 Å². The van der Waals surface area contributed by atoms with E-state index >= 15 is 0 Å². The van der Waals surface area contributed by atoms with Crippen molar-refractivity contribution in [2.24, 2.45) is 5.92 Å². The van der Waals surface area contributed by atoms with E-state index in [0.717, 1.165) is 0 Å². The van der Waals surface area contributed by atoms with E-state index < -0.39 is 10.9 Å². The van der Waals surface area contributed by atoms with Gasteiger partial charge < -0.3 is 15.7 Å². The number of rotatable bonds is 3. The number of carbonyl (C=O) groups is 1. The molecule has 1 saturated heterocycles. The Bertz CT molecular complexity index is 548. The monoisotopic (exact) mass is 280 g/mol. The molecule has 20 heavy (non-hydrogen) atoms. The zero-order chi connectivity index (χ0) is 14.9. The molecule has 1 aliphatic heterocycles. The van der Waals surface area contributed by atoms with Crippen molar-refractivity contribution in [2.75, 3.05) is 17.2 Å². The quantitative estimate of drug-likeness (QED) is 0.631. The van der Waals surface area contributed by atoms with Crippen LogP contribution >= 0.6 is 0 Å². The van der Waals surface area contributed by atoms with Crippen LogP contribution in [0, 0.1) is 16.0 Å². The van der Waals surface area contributed by atoms with Crippen LogP contribution in [-0.4, -0.2) is 33.6 Å². The van der Waals surface area contributed by atoms with Gasteiger partial charge in [0.15, 0.2) is 0 Å². The van der Waals surface area contributed by atoms with E-state index in [2.05, 4.69) is 4.98 Å². The van der Waals surface area contributed by atoms with Crippen LogP contribution in [0.5, 0.6) is 0 Å². The highest BCUT2D eigenvalue weighted by Gasteiger charge is 2.30. The third-order valence-corrected chi connectivity index (χ3v) is 3.60. The number of nitrogens with zero attached hydrogens (tertiary/aromatic N) is 3. The van der Waals surface area contributed by atoms with Gasteiger partial charge in [0, 0.05) is 18.7 Å². The Labute approximate surface area is 115 Å². The van der Waals surface area contributed by atoms with Crippen molar-refractivity contribution < 1.29 is 14.8 Å². The average molecular weight is 280 g/mol. The zero-order valence-corrected chi connectivity index (χ0v) is 11.0. The molecule has 1 aromatic heterocycles. The minimum Gasteiger partial charge on any atom is -0.481 e. The number of aliphatic carboxylic acids is 1. The highest BCUT2D eigenvalue weighted by Crippen LogP contribution is 2.29. The largest absolute Gasteiger partial charge is 0.481 e. The summed E-state index contributed by atoms with van der Waals surface area (Å²) in [5, 5.41) is 19.7. The van der Waals surface area contributed by atoms with Crippen LogP contribution in [0.25, 0.3) is 0 Å². The van der Waals surface area contributed by atoms with E-state index in [4.69, 9.17) is 10.8 Å². The number of anilines is 2. The van der Waals surface area contributed by atoms with E-state index in [0.29, 0.717) is 25.2 Å². The molecule has 0 saturated carbocycles. The molecule has 0 bridgehead atoms. The fourth-order valence-electron chi connectivity index (χ4n) is 2.51. The van der Waals surface area contributed by atoms with Crippen molar-refractivity contribution in [1.29, 1.82) is 0 Å². The minimum absolute atomic E-state index is 0.00166. The molecule has 0 amide bonds. The van der Waals surface area contributed by atoms with Crippen molar-refractivity contribution in [3.8, 4) is 0 Å². The third-order valence-electron chi connectivity index (χ3n) is 3.60. The van der Waals surface area contributed by atoms with Crippen molar-refractivity contribution in [3.05, 3.63) is 22.2 Å². The lowest BCUT2D eigenvalue weighted by molar-refractivity contribution is -0.384. The Kier molecular flexibility index (Phi) is 3.73. The second kappa shape index (κ2) is 5.32. The number of piperidine rings is 1. The van der Waals surface area contributed by atoms with Gasteiger partial charge in [-0.1, -0.05) is 0 Å². The standard InChI is InChI=1S/C12H16N4O4/c1-7-6-8(12(17)18)4-5-15(7)10-3-2-9(16(19)20)11(13)14-10/h2-3,7-8H,4-6H2,1H3,(H2,13,14)(H,17,18). The molecule has 2 unspecified atom stereocenters. The SMILES string of the molecule is CC1CC(C(=O)O)CCN1c1ccc([N+](=O)[O-])c(N)n1. The van der Waals surface area contributed by atoms with Crippen LogP contribution in [0.15, 0.2) is 12.1 Å². The molecule has 2 atom stereocenters. The van der Waals surface area contributed by atoms with Crippen LogP contribution in [-0.2, 0) is 4.79 Å². The van der Waals surface area contributed by atoms with Gasteiger partial charge in [-0.05, 0) is 25.8 Å². The summed E-state index contributed by atoms with van der Waals surface area (Å²) in [7, 11) is 0. The third kappa shape index (κ3) is 2.63. The molecule has 1 aliphatic rings. The van der Waals surface area contributed by atoms with Gasteiger partial charge in [0.05, 0.1) is 10.8 Å². The van der Waals surface area contributed by atoms with Gasteiger partial charge >= 0.3 is 11.7 Å². The molecule has 0 radical (unpaired) electrons. The maximum Gasteiger partial charge on any atom is 0.311 e. The van der Waals surface area contributed by atoms with Crippen LogP contribution < -0.4 is 10.6 Å². The van der Waals surface area contributed by atoms with Crippen LogP contribution in [0.2, 0.25) is 0 Å². The van der Waals surface area contributed by atoms with E-state index in [1.807, 2.05) is 11.8 Å². The van der Waals surface area contributed by atoms with Crippen molar-refractivity contribution in [2.45, 2.75) is 25.8 Å². The highest BCUT2D eigenvalue weighted by atomic mass is 16.6. The maximum atomic E-state index is 11.0. The number of nitrogens with two attached hydrogens (primary N) is 1. The topological polar surface area (TPSA) is 123 Å². The van der Waals surface area contributed by atoms with Gasteiger partial charge in [0.2, 0.25) is 5.82 Å². The summed E-state index contributed by atoms with van der Waals surface area (Å²) in [5.74, 6) is -0.714. The summed E-state index contributed by atoms with van der Waals surface area (Å²) in [6, 6.07) is 2.87. The normalized spacial score (nSPS) is 22.6. The predicted molar refractivity (Wildman–Crippen MR) is 72.5 cm³/mol. The van der Waals surface area contributed by atoms with E-state index in [9.17, 15) is 14.9 Å². The Balaban J connectivity index is 2.19. The summed E-state index contributed by atoms with van der Waals surface area (Å²) in [6.45, 7) is 2.46. The first-order valence-corrected chi connectivity index (χ1v) is 6.30. The molecule has 0 aromatic carbocycles. The van der Waals surface area contributed by atoms with Crippen molar-refractivity contribution in [1.82, 2.24) is 4.98 Å². The fourth-order valence-corrected chi connectivity index (χ4v) is 2.51. The van der Waals surface area contributed by atoms with Crippen LogP contribution in [0.3, 0.4) is 0 Å². The number of aromatic nitrogens is 1. The zero-order valence-electron chi connectivity index (χ0n) is 11.0. The summed E-state index contributed by atoms with van der Waals surface area (Å²) in [6.07, 6.45) is 1.05. The number of hydrogen-bond donors (Lipinski definition) is 2. The van der Waals surface area contributed by atoms with E-state index in [1.54, 1.807) is 6.07 Å². The molecule has 3 N–H and O–H groups in total. The summed E-state index contributed by atoms with van der Waals surface area (Å²) in [4.78, 5) is 27.1. The summed E-state index contributed by atoms with van der Waals surface area (Å²) < 4.78 is 0. The average Bonchev–Trinajstić information content (AvgIpc) is 2.37. The van der Waals surface area contributed by atoms with Gasteiger partial charge in [-0.3, -0.25) is 14.9 Å². The summed E-state index contributed by atoms with van der Waals surface area (Å²) in [5.41, 5.74) is 5.36. The van der Waals surface area contributed by atoms with Crippen molar-refractivity contribution in [3.63, 3.8) is 0 Å². The molecule has 2 rings (SSSR count). The summed E-state index contributed by atoms with van der Waals surface area (Å²) >= 11 is 0. The Morgan fingerprint density at radius 1 is 1.60 bits per heavy atom. The number of carboxylic acid groups (broad SMARTS) is 1. The molecule has 2 heterocycles. The highest BCUT2D eigenvalue weighted by molar-refractivity contribution is 5.70. The molecule has 1 fully saturated rings. The molecule has 0 aliphatic carbocycles. The lowest BCUT2D eigenvalue weighted by atomic mass is 9.92. The molecular weight excluding hydrogens is 264 g/mol. The second-order valence-electron chi connectivity index (χ2n) is 4.93. The first kappa shape index (κ1) is 14.0. The molecule has 8 heteroatoms. The van der Waals surface area contributed by atoms with Gasteiger partial charge in [-0.15, -0.1) is 0 Å². The number of pyridine rings is 1. The van der Waals surface area contributed by atoms with Crippen molar-refractivity contribution >= 4 is 23.3 Å². The number of hydrogen-bond acceptors (Lipinski definition) is 6. The second-order valence-corrected chi connectivity index (χ2v) is 4.93. The van der Waals surface area contributed by atoms with Gasteiger partial charge in [-0.25, -0.2) is 4.98 Å². The smallest absolute Gasteiger partial charge is 0.311 e. The minimum atomic E-state index is -0.785. The lowest BCUT2D eigenvalue weighted by Crippen LogP contribution is -2.43. The molecule has 1 aromatic rings. The molecule has 0 spiro atoms. The van der Waals surface area contributed by atoms with E-state index in [-0.39, 0.29) is 23.5 Å². The van der Waals surface area contributed by atoms with E-state index in [1.165, 1.54) is 6.07 Å². The van der Waals surface area contributed by atoms with Gasteiger partial charge in [-0.2, -0.15) is 0 Å². The molecule has 8 nitrogen and oxygen atoms in total. The number of carboxylic acids is 1. The number of nitro groups is 1. The Hall–Kier alpha value is -2.38. The Morgan fingerprint density at radius 3 is 2.80 bits per heavy atom. The first-order valence-electron chi connectivity index (χ1n) is 6.30. The van der Waals surface area contributed by atoms with Crippen LogP contribution in [0.1, 0.15) is 19.8 Å². The Morgan fingerprint density at radius 2 is 2.30 bits per heavy atom. The molecular formula is C12H16N4O4.